The molecule has 30 heavy (non-hydrogen) atoms. The fourth-order valence-corrected chi connectivity index (χ4v) is 5.05. The molecular weight excluding hydrogens is 392 g/mol. The number of methoxy groups -OCH3 is 1. The lowest BCUT2D eigenvalue weighted by Gasteiger charge is -2.28. The third kappa shape index (κ3) is 3.16. The minimum Gasteiger partial charge on any atom is -0.497 e. The van der Waals surface area contributed by atoms with Crippen molar-refractivity contribution in [3.63, 3.8) is 0 Å². The van der Waals surface area contributed by atoms with Crippen molar-refractivity contribution >= 4 is 23.0 Å². The molecule has 2 atom stereocenters. The van der Waals surface area contributed by atoms with Crippen molar-refractivity contribution in [2.75, 3.05) is 12.0 Å². The van der Waals surface area contributed by atoms with Gasteiger partial charge >= 0.3 is 0 Å². The number of hydrogen-bond donors (Lipinski definition) is 1. The Bertz CT molecular complexity index is 1090. The van der Waals surface area contributed by atoms with Crippen LogP contribution in [-0.4, -0.2) is 21.8 Å². The van der Waals surface area contributed by atoms with Gasteiger partial charge in [-0.2, -0.15) is 0 Å². The molecule has 0 spiro atoms. The van der Waals surface area contributed by atoms with Gasteiger partial charge in [0.15, 0.2) is 5.11 Å². The Kier molecular flexibility index (Phi) is 4.74. The van der Waals surface area contributed by atoms with Gasteiger partial charge in [0.05, 0.1) is 24.9 Å². The quantitative estimate of drug-likeness (QED) is 0.589. The van der Waals surface area contributed by atoms with E-state index in [9.17, 15) is 0 Å². The van der Waals surface area contributed by atoms with Crippen LogP contribution in [0.5, 0.6) is 5.75 Å². The molecule has 3 aromatic rings. The van der Waals surface area contributed by atoms with E-state index in [2.05, 4.69) is 51.8 Å². The molecule has 1 aliphatic heterocycles. The summed E-state index contributed by atoms with van der Waals surface area (Å²) in [5.41, 5.74) is 5.94. The van der Waals surface area contributed by atoms with E-state index in [1.165, 1.54) is 29.8 Å². The summed E-state index contributed by atoms with van der Waals surface area (Å²) < 4.78 is 7.98. The maximum Gasteiger partial charge on any atom is 0.174 e. The van der Waals surface area contributed by atoms with Gasteiger partial charge in [0, 0.05) is 35.4 Å². The number of ether oxygens (including phenoxy) is 1. The molecule has 0 amide bonds. The highest BCUT2D eigenvalue weighted by molar-refractivity contribution is 7.80. The van der Waals surface area contributed by atoms with Crippen LogP contribution >= 0.6 is 12.2 Å². The topological polar surface area (TPSA) is 42.3 Å². The largest absolute Gasteiger partial charge is 0.497 e. The number of anilines is 1. The van der Waals surface area contributed by atoms with Gasteiger partial charge < -0.3 is 19.5 Å². The van der Waals surface area contributed by atoms with Crippen LogP contribution in [0.1, 0.15) is 53.6 Å². The van der Waals surface area contributed by atoms with E-state index >= 15 is 0 Å². The van der Waals surface area contributed by atoms with Gasteiger partial charge in [0.2, 0.25) is 0 Å². The standard InChI is InChI=1S/C24H26N4OS/c1-15-13-20(16(2)27(15)17-10-11-17)23-22(21-9-4-5-12-25-21)26-24(30)28(23)18-7-6-8-19(14-18)29-3/h4-9,12-14,17,22-23H,10-11H2,1-3H3,(H,26,30). The maximum absolute atomic E-state index is 5.84. The van der Waals surface area contributed by atoms with Crippen LogP contribution in [0, 0.1) is 13.8 Å². The van der Waals surface area contributed by atoms with E-state index < -0.39 is 0 Å². The molecule has 6 heteroatoms. The van der Waals surface area contributed by atoms with Crippen molar-refractivity contribution in [2.45, 2.75) is 44.8 Å². The predicted molar refractivity (Wildman–Crippen MR) is 123 cm³/mol. The number of hydrogen-bond acceptors (Lipinski definition) is 3. The first-order valence-corrected chi connectivity index (χ1v) is 10.8. The molecular formula is C24H26N4OS. The Hall–Kier alpha value is -2.86. The lowest BCUT2D eigenvalue weighted by Crippen LogP contribution is -2.29. The molecule has 0 radical (unpaired) electrons. The first kappa shape index (κ1) is 19.1. The molecule has 154 valence electrons. The van der Waals surface area contributed by atoms with Gasteiger partial charge in [-0.25, -0.2) is 0 Å². The van der Waals surface area contributed by atoms with E-state index in [0.717, 1.165) is 17.1 Å². The monoisotopic (exact) mass is 418 g/mol. The van der Waals surface area contributed by atoms with Gasteiger partial charge in [0.25, 0.3) is 0 Å². The summed E-state index contributed by atoms with van der Waals surface area (Å²) in [5.74, 6) is 0.818. The van der Waals surface area contributed by atoms with E-state index in [-0.39, 0.29) is 12.1 Å². The van der Waals surface area contributed by atoms with Crippen LogP contribution in [0.4, 0.5) is 5.69 Å². The summed E-state index contributed by atoms with van der Waals surface area (Å²) in [7, 11) is 1.69. The molecule has 2 fully saturated rings. The van der Waals surface area contributed by atoms with E-state index in [0.29, 0.717) is 11.2 Å². The smallest absolute Gasteiger partial charge is 0.174 e. The first-order chi connectivity index (χ1) is 14.6. The van der Waals surface area contributed by atoms with E-state index in [4.69, 9.17) is 17.0 Å². The second-order valence-electron chi connectivity index (χ2n) is 8.13. The number of aromatic nitrogens is 2. The Labute approximate surface area is 182 Å². The summed E-state index contributed by atoms with van der Waals surface area (Å²) in [6, 6.07) is 17.1. The summed E-state index contributed by atoms with van der Waals surface area (Å²) in [6.07, 6.45) is 4.37. The Morgan fingerprint density at radius 1 is 1.10 bits per heavy atom. The van der Waals surface area contributed by atoms with Crippen molar-refractivity contribution in [1.82, 2.24) is 14.9 Å². The highest BCUT2D eigenvalue weighted by Crippen LogP contribution is 2.46. The third-order valence-electron chi connectivity index (χ3n) is 6.18. The van der Waals surface area contributed by atoms with Crippen LogP contribution in [0.25, 0.3) is 0 Å². The fourth-order valence-electron chi connectivity index (χ4n) is 4.71. The van der Waals surface area contributed by atoms with Gasteiger partial charge in [-0.05, 0) is 74.8 Å². The van der Waals surface area contributed by atoms with Crippen molar-refractivity contribution in [3.05, 3.63) is 77.4 Å². The zero-order valence-electron chi connectivity index (χ0n) is 17.5. The number of nitrogens with zero attached hydrogens (tertiary/aromatic N) is 3. The van der Waals surface area contributed by atoms with Crippen molar-refractivity contribution in [3.8, 4) is 5.75 Å². The number of aryl methyl sites for hydroxylation is 1. The van der Waals surface area contributed by atoms with E-state index in [1.807, 2.05) is 36.5 Å². The van der Waals surface area contributed by atoms with Crippen LogP contribution in [0.2, 0.25) is 0 Å². The predicted octanol–water partition coefficient (Wildman–Crippen LogP) is 5.02. The molecule has 5 rings (SSSR count). The van der Waals surface area contributed by atoms with Gasteiger partial charge in [-0.15, -0.1) is 0 Å². The molecule has 0 bridgehead atoms. The van der Waals surface area contributed by atoms with Crippen LogP contribution in [0.3, 0.4) is 0 Å². The Morgan fingerprint density at radius 2 is 1.93 bits per heavy atom. The molecule has 3 heterocycles. The molecule has 1 saturated heterocycles. The molecule has 1 aliphatic carbocycles. The van der Waals surface area contributed by atoms with Gasteiger partial charge in [-0.1, -0.05) is 12.1 Å². The van der Waals surface area contributed by atoms with Crippen molar-refractivity contribution < 1.29 is 4.74 Å². The molecule has 2 aliphatic rings. The summed E-state index contributed by atoms with van der Waals surface area (Å²) >= 11 is 5.84. The average molecular weight is 419 g/mol. The van der Waals surface area contributed by atoms with Gasteiger partial charge in [0.1, 0.15) is 5.75 Å². The van der Waals surface area contributed by atoms with E-state index in [1.54, 1.807) is 7.11 Å². The highest BCUT2D eigenvalue weighted by Gasteiger charge is 2.43. The van der Waals surface area contributed by atoms with Crippen LogP contribution < -0.4 is 15.0 Å². The van der Waals surface area contributed by atoms with Crippen LogP contribution in [-0.2, 0) is 0 Å². The minimum atomic E-state index is -0.0296. The summed E-state index contributed by atoms with van der Waals surface area (Å²) in [6.45, 7) is 4.45. The minimum absolute atomic E-state index is 0.0122. The molecule has 5 nitrogen and oxygen atoms in total. The third-order valence-corrected chi connectivity index (χ3v) is 6.50. The number of pyridine rings is 1. The molecule has 2 unspecified atom stereocenters. The van der Waals surface area contributed by atoms with Gasteiger partial charge in [-0.3, -0.25) is 4.98 Å². The SMILES string of the molecule is COc1cccc(N2C(=S)NC(c3ccccn3)C2c2cc(C)n(C3CC3)c2C)c1. The number of nitrogens with one attached hydrogen (secondary N) is 1. The highest BCUT2D eigenvalue weighted by atomic mass is 32.1. The lowest BCUT2D eigenvalue weighted by molar-refractivity contribution is 0.415. The van der Waals surface area contributed by atoms with Crippen molar-refractivity contribution in [1.29, 1.82) is 0 Å². The van der Waals surface area contributed by atoms with Crippen LogP contribution in [0.15, 0.2) is 54.7 Å². The Balaban J connectivity index is 1.66. The number of rotatable bonds is 5. The summed E-state index contributed by atoms with van der Waals surface area (Å²) in [4.78, 5) is 6.88. The maximum atomic E-state index is 5.84. The second kappa shape index (κ2) is 7.43. The molecule has 1 aromatic carbocycles. The van der Waals surface area contributed by atoms with Crippen molar-refractivity contribution in [2.24, 2.45) is 0 Å². The molecule has 1 N–H and O–H groups in total. The normalized spacial score (nSPS) is 21.0. The fraction of sp³-hybridized carbons (Fsp3) is 0.333. The average Bonchev–Trinajstić information content (AvgIpc) is 3.47. The number of benzene rings is 1. The zero-order chi connectivity index (χ0) is 20.8. The number of thiocarbonyl (C=S) groups is 1. The second-order valence-corrected chi connectivity index (χ2v) is 8.51. The Morgan fingerprint density at radius 3 is 2.63 bits per heavy atom. The zero-order valence-corrected chi connectivity index (χ0v) is 18.3. The molecule has 1 saturated carbocycles. The summed E-state index contributed by atoms with van der Waals surface area (Å²) in [5, 5.41) is 4.26. The molecule has 2 aromatic heterocycles. The lowest BCUT2D eigenvalue weighted by atomic mass is 9.96. The first-order valence-electron chi connectivity index (χ1n) is 10.4.